The SMILES string of the molecule is CN(C(=O)OC(C)(C)C)C(C(=O)NC1CCN(CC2CC2)CC1)c1cnn(C)c1. The van der Waals surface area contributed by atoms with Crippen LogP contribution < -0.4 is 5.32 Å². The summed E-state index contributed by atoms with van der Waals surface area (Å²) in [4.78, 5) is 29.7. The monoisotopic (exact) mass is 405 g/mol. The first-order chi connectivity index (χ1) is 13.6. The lowest BCUT2D eigenvalue weighted by Gasteiger charge is -2.34. The zero-order chi connectivity index (χ0) is 21.2. The summed E-state index contributed by atoms with van der Waals surface area (Å²) in [5.74, 6) is 0.700. The van der Waals surface area contributed by atoms with Gasteiger partial charge in [0.25, 0.3) is 0 Å². The molecule has 0 radical (unpaired) electrons. The Bertz CT molecular complexity index is 714. The van der Waals surface area contributed by atoms with Gasteiger partial charge in [0, 0.05) is 51.5 Å². The van der Waals surface area contributed by atoms with Gasteiger partial charge in [-0.3, -0.25) is 14.4 Å². The van der Waals surface area contributed by atoms with Crippen LogP contribution in [0.2, 0.25) is 0 Å². The topological polar surface area (TPSA) is 79.7 Å². The van der Waals surface area contributed by atoms with Gasteiger partial charge in [0.1, 0.15) is 11.6 Å². The van der Waals surface area contributed by atoms with E-state index in [1.165, 1.54) is 24.3 Å². The molecule has 2 amide bonds. The van der Waals surface area contributed by atoms with Gasteiger partial charge in [0.05, 0.1) is 6.20 Å². The highest BCUT2D eigenvalue weighted by Crippen LogP contribution is 2.30. The molecule has 1 N–H and O–H groups in total. The zero-order valence-corrected chi connectivity index (χ0v) is 18.4. The lowest BCUT2D eigenvalue weighted by molar-refractivity contribution is -0.127. The zero-order valence-electron chi connectivity index (χ0n) is 18.4. The summed E-state index contributed by atoms with van der Waals surface area (Å²) in [6.45, 7) is 8.66. The number of hydrogen-bond donors (Lipinski definition) is 1. The van der Waals surface area contributed by atoms with Crippen molar-refractivity contribution in [3.05, 3.63) is 18.0 Å². The average molecular weight is 406 g/mol. The van der Waals surface area contributed by atoms with Crippen LogP contribution in [-0.4, -0.2) is 69.9 Å². The van der Waals surface area contributed by atoms with E-state index in [9.17, 15) is 9.59 Å². The minimum atomic E-state index is -0.775. The Morgan fingerprint density at radius 1 is 1.28 bits per heavy atom. The van der Waals surface area contributed by atoms with Gasteiger partial charge in [-0.15, -0.1) is 0 Å². The highest BCUT2D eigenvalue weighted by Gasteiger charge is 2.34. The number of carbonyl (C=O) groups excluding carboxylic acids is 2. The molecule has 8 heteroatoms. The average Bonchev–Trinajstić information content (AvgIpc) is 3.34. The lowest BCUT2D eigenvalue weighted by atomic mass is 10.0. The van der Waals surface area contributed by atoms with Crippen molar-refractivity contribution >= 4 is 12.0 Å². The second-order valence-electron chi connectivity index (χ2n) is 9.47. The van der Waals surface area contributed by atoms with Crippen LogP contribution in [0.3, 0.4) is 0 Å². The maximum absolute atomic E-state index is 13.2. The third-order valence-corrected chi connectivity index (χ3v) is 5.50. The van der Waals surface area contributed by atoms with E-state index in [0.29, 0.717) is 5.56 Å². The van der Waals surface area contributed by atoms with E-state index < -0.39 is 17.7 Å². The number of nitrogens with one attached hydrogen (secondary N) is 1. The highest BCUT2D eigenvalue weighted by molar-refractivity contribution is 5.87. The lowest BCUT2D eigenvalue weighted by Crippen LogP contribution is -2.49. The van der Waals surface area contributed by atoms with Gasteiger partial charge in [-0.1, -0.05) is 0 Å². The van der Waals surface area contributed by atoms with E-state index in [4.69, 9.17) is 4.74 Å². The van der Waals surface area contributed by atoms with Gasteiger partial charge in [0.15, 0.2) is 0 Å². The van der Waals surface area contributed by atoms with E-state index in [-0.39, 0.29) is 11.9 Å². The van der Waals surface area contributed by atoms with E-state index in [2.05, 4.69) is 15.3 Å². The first-order valence-corrected chi connectivity index (χ1v) is 10.6. The van der Waals surface area contributed by atoms with Crippen molar-refractivity contribution in [2.75, 3.05) is 26.7 Å². The number of likely N-dealkylation sites (N-methyl/N-ethyl adjacent to an activating group) is 1. The molecule has 1 saturated carbocycles. The molecule has 1 atom stereocenters. The van der Waals surface area contributed by atoms with Crippen LogP contribution in [0.5, 0.6) is 0 Å². The molecule has 0 aromatic carbocycles. The summed E-state index contributed by atoms with van der Waals surface area (Å²) in [5, 5.41) is 7.34. The van der Waals surface area contributed by atoms with Gasteiger partial charge in [-0.25, -0.2) is 4.79 Å². The van der Waals surface area contributed by atoms with Crippen molar-refractivity contribution in [1.29, 1.82) is 0 Å². The maximum atomic E-state index is 13.2. The maximum Gasteiger partial charge on any atom is 0.410 e. The molecule has 3 rings (SSSR count). The van der Waals surface area contributed by atoms with Gasteiger partial charge < -0.3 is 15.0 Å². The Morgan fingerprint density at radius 2 is 1.93 bits per heavy atom. The minimum Gasteiger partial charge on any atom is -0.444 e. The summed E-state index contributed by atoms with van der Waals surface area (Å²) in [6.07, 6.45) is 7.47. The van der Waals surface area contributed by atoms with E-state index in [0.717, 1.165) is 31.8 Å². The highest BCUT2D eigenvalue weighted by atomic mass is 16.6. The summed E-state index contributed by atoms with van der Waals surface area (Å²) < 4.78 is 7.11. The standard InChI is InChI=1S/C21H35N5O3/c1-21(2,3)29-20(28)25(5)18(16-12-22-24(4)14-16)19(27)23-17-8-10-26(11-9-17)13-15-6-7-15/h12,14-15,17-18H,6-11,13H2,1-5H3,(H,23,27). The van der Waals surface area contributed by atoms with Crippen molar-refractivity contribution in [3.63, 3.8) is 0 Å². The van der Waals surface area contributed by atoms with Crippen molar-refractivity contribution in [2.45, 2.75) is 64.1 Å². The largest absolute Gasteiger partial charge is 0.444 e. The molecular formula is C21H35N5O3. The van der Waals surface area contributed by atoms with Crippen LogP contribution in [0.1, 0.15) is 58.1 Å². The van der Waals surface area contributed by atoms with E-state index >= 15 is 0 Å². The number of ether oxygens (including phenoxy) is 1. The summed E-state index contributed by atoms with van der Waals surface area (Å²) in [6, 6.07) is -0.646. The molecule has 1 aromatic rings. The molecule has 29 heavy (non-hydrogen) atoms. The normalized spacial score (nSPS) is 19.6. The Labute approximate surface area is 173 Å². The summed E-state index contributed by atoms with van der Waals surface area (Å²) in [7, 11) is 3.39. The summed E-state index contributed by atoms with van der Waals surface area (Å²) >= 11 is 0. The number of hydrogen-bond acceptors (Lipinski definition) is 5. The van der Waals surface area contributed by atoms with E-state index in [1.54, 1.807) is 31.2 Å². The minimum absolute atomic E-state index is 0.129. The van der Waals surface area contributed by atoms with Gasteiger partial charge in [-0.2, -0.15) is 5.10 Å². The van der Waals surface area contributed by atoms with Gasteiger partial charge in [0.2, 0.25) is 5.91 Å². The molecule has 2 heterocycles. The van der Waals surface area contributed by atoms with Crippen LogP contribution in [0.15, 0.2) is 12.4 Å². The third-order valence-electron chi connectivity index (χ3n) is 5.50. The molecule has 162 valence electrons. The molecule has 1 aromatic heterocycles. The number of aryl methyl sites for hydroxylation is 1. The molecule has 1 aliphatic heterocycles. The Balaban J connectivity index is 1.64. The molecular weight excluding hydrogens is 370 g/mol. The van der Waals surface area contributed by atoms with Crippen LogP contribution in [0, 0.1) is 5.92 Å². The van der Waals surface area contributed by atoms with Crippen molar-refractivity contribution in [1.82, 2.24) is 24.9 Å². The number of amides is 2. The second kappa shape index (κ2) is 8.73. The first-order valence-electron chi connectivity index (χ1n) is 10.6. The number of rotatable bonds is 6. The molecule has 1 saturated heterocycles. The van der Waals surface area contributed by atoms with Crippen LogP contribution in [0.25, 0.3) is 0 Å². The fourth-order valence-corrected chi connectivity index (χ4v) is 3.78. The third kappa shape index (κ3) is 6.19. The molecule has 2 fully saturated rings. The molecule has 0 bridgehead atoms. The smallest absolute Gasteiger partial charge is 0.410 e. The van der Waals surface area contributed by atoms with Gasteiger partial charge >= 0.3 is 6.09 Å². The summed E-state index contributed by atoms with van der Waals surface area (Å²) in [5.41, 5.74) is 0.0416. The predicted octanol–water partition coefficient (Wildman–Crippen LogP) is 2.32. The number of piperidine rings is 1. The Morgan fingerprint density at radius 3 is 2.45 bits per heavy atom. The van der Waals surface area contributed by atoms with Crippen molar-refractivity contribution in [3.8, 4) is 0 Å². The quantitative estimate of drug-likeness (QED) is 0.786. The predicted molar refractivity (Wildman–Crippen MR) is 110 cm³/mol. The Kier molecular flexibility index (Phi) is 6.51. The fraction of sp³-hybridized carbons (Fsp3) is 0.762. The van der Waals surface area contributed by atoms with Crippen LogP contribution in [-0.2, 0) is 16.6 Å². The molecule has 1 aliphatic carbocycles. The fourth-order valence-electron chi connectivity index (χ4n) is 3.78. The van der Waals surface area contributed by atoms with Crippen molar-refractivity contribution in [2.24, 2.45) is 13.0 Å². The van der Waals surface area contributed by atoms with Crippen LogP contribution in [0.4, 0.5) is 4.79 Å². The Hall–Kier alpha value is -2.09. The van der Waals surface area contributed by atoms with Gasteiger partial charge in [-0.05, 0) is 52.4 Å². The molecule has 0 spiro atoms. The number of nitrogens with zero attached hydrogens (tertiary/aromatic N) is 4. The molecule has 8 nitrogen and oxygen atoms in total. The van der Waals surface area contributed by atoms with Crippen molar-refractivity contribution < 1.29 is 14.3 Å². The number of likely N-dealkylation sites (tertiary alicyclic amines) is 1. The first kappa shape index (κ1) is 21.6. The second-order valence-corrected chi connectivity index (χ2v) is 9.47. The number of carbonyl (C=O) groups is 2. The number of aromatic nitrogens is 2. The molecule has 2 aliphatic rings. The van der Waals surface area contributed by atoms with Crippen LogP contribution >= 0.6 is 0 Å². The molecule has 1 unspecified atom stereocenters. The van der Waals surface area contributed by atoms with E-state index in [1.807, 2.05) is 20.8 Å².